The fourth-order valence-corrected chi connectivity index (χ4v) is 6.06. The van der Waals surface area contributed by atoms with E-state index in [2.05, 4.69) is 46.6 Å². The third-order valence-electron chi connectivity index (χ3n) is 5.24. The van der Waals surface area contributed by atoms with Crippen molar-refractivity contribution in [2.24, 2.45) is 0 Å². The quantitative estimate of drug-likeness (QED) is 0.499. The second-order valence-corrected chi connectivity index (χ2v) is 10.6. The van der Waals surface area contributed by atoms with E-state index in [1.165, 1.54) is 15.2 Å². The van der Waals surface area contributed by atoms with Gasteiger partial charge in [0.15, 0.2) is 5.75 Å². The number of allylic oxidation sites excluding steroid dienone is 2. The third kappa shape index (κ3) is 4.72. The van der Waals surface area contributed by atoms with Gasteiger partial charge in [0.2, 0.25) is 21.4 Å². The molecule has 0 radical (unpaired) electrons. The van der Waals surface area contributed by atoms with Crippen molar-refractivity contribution >= 4 is 43.3 Å². The third-order valence-corrected chi connectivity index (χ3v) is 7.80. The Balaban J connectivity index is 1.65. The fraction of sp³-hybridized carbons (Fsp3) is 0.292. The molecule has 4 rings (SSSR count). The molecular formula is C24H28N3O3S2+. The van der Waals surface area contributed by atoms with E-state index in [4.69, 9.17) is 4.74 Å². The molecule has 1 aliphatic heterocycles. The molecule has 2 aromatic carbocycles. The molecule has 168 valence electrons. The minimum atomic E-state index is -3.34. The van der Waals surface area contributed by atoms with Crippen LogP contribution in [0.5, 0.6) is 5.75 Å². The van der Waals surface area contributed by atoms with Gasteiger partial charge in [0.25, 0.3) is 5.01 Å². The van der Waals surface area contributed by atoms with Crippen molar-refractivity contribution in [3.8, 4) is 5.75 Å². The van der Waals surface area contributed by atoms with Gasteiger partial charge in [0.05, 0.1) is 11.4 Å². The van der Waals surface area contributed by atoms with Gasteiger partial charge in [-0.1, -0.05) is 42.5 Å². The van der Waals surface area contributed by atoms with Gasteiger partial charge < -0.3 is 9.64 Å². The van der Waals surface area contributed by atoms with Crippen LogP contribution in [0.2, 0.25) is 0 Å². The SMILES string of the molecule is CCNS(=O)(=O)CCN1C(=CC(C)=Cc2sc3ccccc3[n+]2CC)Oc2ccccc21. The van der Waals surface area contributed by atoms with Crippen LogP contribution in [0.15, 0.2) is 66.1 Å². The van der Waals surface area contributed by atoms with Gasteiger partial charge in [-0.2, -0.15) is 4.57 Å². The summed E-state index contributed by atoms with van der Waals surface area (Å²) in [5, 5.41) is 1.17. The van der Waals surface area contributed by atoms with E-state index in [0.717, 1.165) is 23.6 Å². The maximum atomic E-state index is 12.2. The van der Waals surface area contributed by atoms with E-state index in [0.29, 0.717) is 19.0 Å². The molecule has 0 saturated carbocycles. The van der Waals surface area contributed by atoms with E-state index in [1.807, 2.05) is 42.2 Å². The number of rotatable bonds is 8. The first-order valence-electron chi connectivity index (χ1n) is 10.7. The summed E-state index contributed by atoms with van der Waals surface area (Å²) in [6.07, 6.45) is 4.13. The molecule has 0 aliphatic carbocycles. The van der Waals surface area contributed by atoms with Crippen molar-refractivity contribution in [3.63, 3.8) is 0 Å². The van der Waals surface area contributed by atoms with Crippen LogP contribution in [-0.4, -0.2) is 27.3 Å². The number of nitrogens with one attached hydrogen (secondary N) is 1. The van der Waals surface area contributed by atoms with Gasteiger partial charge in [-0.15, -0.1) is 0 Å². The molecule has 0 amide bonds. The lowest BCUT2D eigenvalue weighted by Gasteiger charge is -2.18. The Hall–Kier alpha value is -2.68. The summed E-state index contributed by atoms with van der Waals surface area (Å²) in [5.41, 5.74) is 3.14. The number of aromatic nitrogens is 1. The predicted octanol–water partition coefficient (Wildman–Crippen LogP) is 4.29. The molecule has 0 spiro atoms. The summed E-state index contributed by atoms with van der Waals surface area (Å²) >= 11 is 1.76. The van der Waals surface area contributed by atoms with Crippen molar-refractivity contribution in [1.82, 2.24) is 4.72 Å². The number of ether oxygens (including phenoxy) is 1. The molecule has 6 nitrogen and oxygen atoms in total. The number of anilines is 1. The largest absolute Gasteiger partial charge is 0.439 e. The lowest BCUT2D eigenvalue weighted by Crippen LogP contribution is -2.33. The van der Waals surface area contributed by atoms with Gasteiger partial charge in [0.1, 0.15) is 11.2 Å². The standard InChI is InChI=1S/C24H28N3O3S2/c1-4-25-32(28,29)15-14-27-19-10-6-8-12-21(19)30-23(27)16-18(3)17-24-26(5-2)20-11-7-9-13-22(20)31-24/h6-13,16-17,25H,4-5,14-15H2,1-3H3/q+1. The second kappa shape index (κ2) is 9.44. The maximum Gasteiger partial charge on any atom is 0.262 e. The number of para-hydroxylation sites is 3. The van der Waals surface area contributed by atoms with Crippen LogP contribution in [0.25, 0.3) is 16.3 Å². The van der Waals surface area contributed by atoms with Crippen molar-refractivity contribution in [1.29, 1.82) is 0 Å². The monoisotopic (exact) mass is 470 g/mol. The van der Waals surface area contributed by atoms with Crippen molar-refractivity contribution in [2.75, 3.05) is 23.7 Å². The van der Waals surface area contributed by atoms with Gasteiger partial charge in [-0.3, -0.25) is 0 Å². The topological polar surface area (TPSA) is 62.5 Å². The average molecular weight is 471 g/mol. The molecule has 0 atom stereocenters. The van der Waals surface area contributed by atoms with Crippen LogP contribution in [0, 0.1) is 0 Å². The minimum absolute atomic E-state index is 0.00914. The number of hydrogen-bond acceptors (Lipinski definition) is 5. The summed E-state index contributed by atoms with van der Waals surface area (Å²) in [6.45, 7) is 7.54. The van der Waals surface area contributed by atoms with Crippen LogP contribution >= 0.6 is 11.3 Å². The molecule has 3 aromatic rings. The summed E-state index contributed by atoms with van der Waals surface area (Å²) in [4.78, 5) is 1.93. The van der Waals surface area contributed by atoms with E-state index in [9.17, 15) is 8.42 Å². The number of benzene rings is 2. The Bertz CT molecular complexity index is 1290. The molecule has 1 aromatic heterocycles. The number of sulfonamides is 1. The highest BCUT2D eigenvalue weighted by Gasteiger charge is 2.27. The highest BCUT2D eigenvalue weighted by molar-refractivity contribution is 7.89. The molecule has 0 saturated heterocycles. The van der Waals surface area contributed by atoms with Gasteiger partial charge in [-0.25, -0.2) is 13.1 Å². The van der Waals surface area contributed by atoms with E-state index >= 15 is 0 Å². The molecular weight excluding hydrogens is 442 g/mol. The number of thiazole rings is 1. The molecule has 2 heterocycles. The van der Waals surface area contributed by atoms with E-state index in [-0.39, 0.29) is 5.75 Å². The molecule has 1 N–H and O–H groups in total. The number of hydrogen-bond donors (Lipinski definition) is 1. The van der Waals surface area contributed by atoms with Crippen LogP contribution < -0.4 is 18.9 Å². The number of fused-ring (bicyclic) bond motifs is 2. The molecule has 0 unspecified atom stereocenters. The fourth-order valence-electron chi connectivity index (χ4n) is 3.81. The molecule has 1 aliphatic rings. The second-order valence-electron chi connectivity index (χ2n) is 7.56. The Morgan fingerprint density at radius 1 is 1.16 bits per heavy atom. The van der Waals surface area contributed by atoms with Gasteiger partial charge >= 0.3 is 0 Å². The van der Waals surface area contributed by atoms with Crippen LogP contribution in [0.3, 0.4) is 0 Å². The molecule has 0 fully saturated rings. The zero-order valence-corrected chi connectivity index (χ0v) is 20.2. The minimum Gasteiger partial charge on any atom is -0.439 e. The molecule has 8 heteroatoms. The molecule has 0 bridgehead atoms. The van der Waals surface area contributed by atoms with Crippen molar-refractivity contribution in [2.45, 2.75) is 27.3 Å². The van der Waals surface area contributed by atoms with Crippen LogP contribution in [-0.2, 0) is 16.6 Å². The van der Waals surface area contributed by atoms with Crippen molar-refractivity contribution in [3.05, 3.63) is 71.1 Å². The molecule has 32 heavy (non-hydrogen) atoms. The van der Waals surface area contributed by atoms with Crippen molar-refractivity contribution < 1.29 is 17.7 Å². The highest BCUT2D eigenvalue weighted by atomic mass is 32.2. The maximum absolute atomic E-state index is 12.2. The lowest BCUT2D eigenvalue weighted by atomic mass is 10.2. The number of aryl methyl sites for hydroxylation is 1. The van der Waals surface area contributed by atoms with Gasteiger partial charge in [-0.05, 0) is 37.6 Å². The van der Waals surface area contributed by atoms with Crippen LogP contribution in [0.1, 0.15) is 25.8 Å². The average Bonchev–Trinajstić information content (AvgIpc) is 3.28. The summed E-state index contributed by atoms with van der Waals surface area (Å²) in [6, 6.07) is 16.1. The number of nitrogens with zero attached hydrogens (tertiary/aromatic N) is 2. The Labute approximate surface area is 193 Å². The lowest BCUT2D eigenvalue weighted by molar-refractivity contribution is -0.665. The first-order valence-corrected chi connectivity index (χ1v) is 13.2. The first-order chi connectivity index (χ1) is 15.4. The summed E-state index contributed by atoms with van der Waals surface area (Å²) in [7, 11) is -3.34. The first kappa shape index (κ1) is 22.5. The Morgan fingerprint density at radius 3 is 2.69 bits per heavy atom. The normalized spacial score (nSPS) is 15.4. The van der Waals surface area contributed by atoms with Crippen LogP contribution in [0.4, 0.5) is 5.69 Å². The summed E-state index contributed by atoms with van der Waals surface area (Å²) in [5.74, 6) is 1.36. The predicted molar refractivity (Wildman–Crippen MR) is 131 cm³/mol. The van der Waals surface area contributed by atoms with E-state index in [1.54, 1.807) is 18.3 Å². The zero-order chi connectivity index (χ0) is 22.7. The Kier molecular flexibility index (Phi) is 6.64. The Morgan fingerprint density at radius 2 is 1.91 bits per heavy atom. The summed E-state index contributed by atoms with van der Waals surface area (Å²) < 4.78 is 36.6. The smallest absolute Gasteiger partial charge is 0.262 e. The van der Waals surface area contributed by atoms with E-state index < -0.39 is 10.0 Å². The zero-order valence-electron chi connectivity index (χ0n) is 18.5. The highest BCUT2D eigenvalue weighted by Crippen LogP contribution is 2.39. The van der Waals surface area contributed by atoms with Gasteiger partial charge in [0, 0.05) is 31.3 Å².